The number of pyridine rings is 1. The van der Waals surface area contributed by atoms with E-state index in [0.29, 0.717) is 59.8 Å². The first-order valence-corrected chi connectivity index (χ1v) is 38.8. The molecule has 111 heavy (non-hydrogen) atoms. The van der Waals surface area contributed by atoms with Gasteiger partial charge in [0.25, 0.3) is 0 Å². The lowest BCUT2D eigenvalue weighted by Crippen LogP contribution is -2.62. The van der Waals surface area contributed by atoms with Crippen LogP contribution in [0.1, 0.15) is 202 Å². The number of rotatable bonds is 17. The normalized spacial score (nSPS) is 26.5. The number of hydrogen-bond acceptors (Lipinski definition) is 18. The number of fused-ring (bicyclic) bond motifs is 2. The van der Waals surface area contributed by atoms with E-state index in [2.05, 4.69) is 59.1 Å². The van der Waals surface area contributed by atoms with E-state index in [1.54, 1.807) is 89.5 Å². The number of aliphatic hydroxyl groups excluding tert-OH is 1. The number of unbranched alkanes of at least 4 members (excludes halogenated alkanes) is 1. The zero-order valence-corrected chi connectivity index (χ0v) is 65.9. The molecule has 4 aromatic rings. The number of allylic oxidation sites excluding steroid dienone is 1. The Morgan fingerprint density at radius 3 is 1.95 bits per heavy atom. The van der Waals surface area contributed by atoms with Gasteiger partial charge in [-0.2, -0.15) is 0 Å². The highest BCUT2D eigenvalue weighted by atomic mass is 16.3. The van der Waals surface area contributed by atoms with E-state index in [-0.39, 0.29) is 120 Å². The summed E-state index contributed by atoms with van der Waals surface area (Å²) in [5, 5.41) is 54.6. The number of aromatic amines is 1. The zero-order chi connectivity index (χ0) is 82.1. The molecule has 6 rings (SSSR count). The molecule has 0 unspecified atom stereocenters. The van der Waals surface area contributed by atoms with Gasteiger partial charge in [0.15, 0.2) is 17.3 Å². The molecule has 0 radical (unpaired) electrons. The van der Waals surface area contributed by atoms with Crippen molar-refractivity contribution in [1.82, 2.24) is 57.4 Å². The molecule has 2 aromatic heterocycles. The smallest absolute Gasteiger partial charge is 0.246 e. The lowest BCUT2D eigenvalue weighted by molar-refractivity contribution is -0.144. The topological polar surface area (TPSA) is 454 Å². The standard InChI is InChI=1S/C82H116N12O17/c1-12-15-17-36-82(11)79(111)89-60(70(83)103)25-16-18-37-84-67(102)27-19-23-54(41-49(5)95)73(105)91-69(80(7,8)9)65(100)46-55(42-51-28-32-57(97)33-29-51)78(110)94-39-21-26-63(94)76(108)90-68(50(6)96)77(109)88-62(44-56-47-86-71-59(56)24-20-38-85-71)75(107)93-81(10,14-3)66(101)40-48(4)72(104)87-61(43-52-30-34-58(98)35-31-52)64(99)45-53(22-13-2)74(106)92-82/h12,20,24,28-35,38,47-48,50,53-55,60-63,68-69,96-98H,1,13-19,21-23,25-27,36-37,39-46H2,2-11H3,(H2,83,103)(H,84,102)(H,85,86)(H,87,104)(H,88,109)(H,89,111)(H,90,108)(H,91,105)(H,92,106)(H,93,107)/t48-,50-,53-,54-,55-,60+,61+,62+,63+,68+,69-,81+,82+/m1/s1. The molecule has 606 valence electrons. The molecular formula is C82H116N12O17. The lowest BCUT2D eigenvalue weighted by atomic mass is 9.80. The molecular weight excluding hydrogens is 1420 g/mol. The Morgan fingerprint density at radius 1 is 0.703 bits per heavy atom. The predicted molar refractivity (Wildman–Crippen MR) is 415 cm³/mol. The second kappa shape index (κ2) is 41.7. The number of primary amides is 1. The number of H-pyrrole nitrogens is 1. The van der Waals surface area contributed by atoms with Crippen molar-refractivity contribution in [3.05, 3.63) is 102 Å². The molecule has 0 saturated carbocycles. The third-order valence-corrected chi connectivity index (χ3v) is 21.1. The third-order valence-electron chi connectivity index (χ3n) is 21.1. The number of benzene rings is 2. The van der Waals surface area contributed by atoms with E-state index in [1.807, 2.05) is 0 Å². The summed E-state index contributed by atoms with van der Waals surface area (Å²) in [6.07, 6.45) is 3.71. The minimum absolute atomic E-state index is 0.0320. The number of ketones is 4. The number of aromatic hydroxyl groups is 2. The summed E-state index contributed by atoms with van der Waals surface area (Å²) in [7, 11) is 0. The van der Waals surface area contributed by atoms with E-state index in [1.165, 1.54) is 63.8 Å². The van der Waals surface area contributed by atoms with Gasteiger partial charge in [-0.15, -0.1) is 6.58 Å². The lowest BCUT2D eigenvalue weighted by Gasteiger charge is -2.34. The highest BCUT2D eigenvalue weighted by Crippen LogP contribution is 2.31. The Balaban J connectivity index is 1.37. The maximum atomic E-state index is 15.2. The number of nitrogens with one attached hydrogen (secondary N) is 9. The number of phenolic OH excluding ortho intramolecular Hbond substituents is 2. The van der Waals surface area contributed by atoms with E-state index in [4.69, 9.17) is 5.73 Å². The molecule has 29 nitrogen and oxygen atoms in total. The first kappa shape index (κ1) is 89.7. The summed E-state index contributed by atoms with van der Waals surface area (Å²) >= 11 is 0. The molecule has 29 heteroatoms. The molecule has 2 aromatic carbocycles. The molecule has 2 aliphatic rings. The van der Waals surface area contributed by atoms with Gasteiger partial charge in [-0.05, 0) is 176 Å². The van der Waals surface area contributed by atoms with Crippen LogP contribution in [-0.4, -0.2) is 179 Å². The van der Waals surface area contributed by atoms with Crippen LogP contribution in [0.4, 0.5) is 0 Å². The summed E-state index contributed by atoms with van der Waals surface area (Å²) in [6, 6.07) is 6.97. The van der Waals surface area contributed by atoms with Crippen LogP contribution in [0.15, 0.2) is 85.7 Å². The van der Waals surface area contributed by atoms with Gasteiger partial charge in [-0.1, -0.05) is 78.3 Å². The number of Topliss-reactive ketones (excluding diaryl/α,β-unsaturated/α-hetero) is 4. The number of amides is 10. The van der Waals surface area contributed by atoms with Crippen LogP contribution in [0.25, 0.3) is 11.0 Å². The summed E-state index contributed by atoms with van der Waals surface area (Å²) in [6.45, 7) is 19.5. The Labute approximate surface area is 649 Å². The molecule has 10 amide bonds. The summed E-state index contributed by atoms with van der Waals surface area (Å²) in [4.78, 5) is 210. The Morgan fingerprint density at radius 2 is 1.34 bits per heavy atom. The minimum atomic E-state index is -1.77. The van der Waals surface area contributed by atoms with E-state index < -0.39 is 172 Å². The highest BCUT2D eigenvalue weighted by molar-refractivity contribution is 6.01. The van der Waals surface area contributed by atoms with Gasteiger partial charge >= 0.3 is 0 Å². The minimum Gasteiger partial charge on any atom is -0.508 e. The van der Waals surface area contributed by atoms with Crippen LogP contribution in [0.5, 0.6) is 11.5 Å². The van der Waals surface area contributed by atoms with Gasteiger partial charge in [0.05, 0.1) is 23.7 Å². The number of carbonyl (C=O) groups excluding carboxylic acids is 14. The van der Waals surface area contributed by atoms with E-state index >= 15 is 9.59 Å². The summed E-state index contributed by atoms with van der Waals surface area (Å²) in [5.74, 6) is -14.0. The number of aliphatic hydroxyl groups is 1. The van der Waals surface area contributed by atoms with Crippen LogP contribution in [-0.2, 0) is 86.4 Å². The van der Waals surface area contributed by atoms with Gasteiger partial charge in [-0.25, -0.2) is 4.98 Å². The van der Waals surface area contributed by atoms with Crippen LogP contribution in [0.2, 0.25) is 0 Å². The molecule has 13 atom stereocenters. The average molecular weight is 1540 g/mol. The molecule has 2 aliphatic heterocycles. The monoisotopic (exact) mass is 1540 g/mol. The van der Waals surface area contributed by atoms with Crippen LogP contribution < -0.4 is 48.3 Å². The zero-order valence-electron chi connectivity index (χ0n) is 65.9. The fourth-order valence-corrected chi connectivity index (χ4v) is 14.2. The van der Waals surface area contributed by atoms with Gasteiger partial charge < -0.3 is 78.3 Å². The molecule has 0 bridgehead atoms. The van der Waals surface area contributed by atoms with Gasteiger partial charge in [0.1, 0.15) is 52.6 Å². The average Bonchev–Trinajstić information content (AvgIpc) is 1.66. The quantitative estimate of drug-likeness (QED) is 0.0461. The van der Waals surface area contributed by atoms with Gasteiger partial charge in [0.2, 0.25) is 59.1 Å². The van der Waals surface area contributed by atoms with Crippen molar-refractivity contribution >= 4 is 93.2 Å². The first-order valence-electron chi connectivity index (χ1n) is 38.8. The molecule has 0 aliphatic carbocycles. The van der Waals surface area contributed by atoms with Crippen LogP contribution in [0.3, 0.4) is 0 Å². The number of phenols is 2. The van der Waals surface area contributed by atoms with Crippen LogP contribution >= 0.6 is 0 Å². The number of nitrogens with two attached hydrogens (primary N) is 1. The number of aromatic nitrogens is 2. The highest BCUT2D eigenvalue weighted by Gasteiger charge is 2.45. The molecule has 14 N–H and O–H groups in total. The fourth-order valence-electron chi connectivity index (χ4n) is 14.2. The van der Waals surface area contributed by atoms with Crippen molar-refractivity contribution in [2.75, 3.05) is 13.1 Å². The largest absolute Gasteiger partial charge is 0.508 e. The van der Waals surface area contributed by atoms with Crippen LogP contribution in [0, 0.1) is 29.1 Å². The van der Waals surface area contributed by atoms with Crippen molar-refractivity contribution in [3.8, 4) is 11.5 Å². The maximum absolute atomic E-state index is 15.2. The second-order valence-corrected chi connectivity index (χ2v) is 31.5. The first-order chi connectivity index (χ1) is 52.4. The number of nitrogens with zero attached hydrogens (tertiary/aromatic N) is 2. The number of carbonyl (C=O) groups is 14. The van der Waals surface area contributed by atoms with Crippen molar-refractivity contribution < 1.29 is 82.4 Å². The molecule has 4 heterocycles. The van der Waals surface area contributed by atoms with Crippen molar-refractivity contribution in [3.63, 3.8) is 0 Å². The van der Waals surface area contributed by atoms with Gasteiger partial charge in [-0.3, -0.25) is 62.3 Å². The Hall–Kier alpha value is -10.2. The molecule has 2 fully saturated rings. The molecule has 0 spiro atoms. The van der Waals surface area contributed by atoms with E-state index in [9.17, 15) is 72.9 Å². The van der Waals surface area contributed by atoms with Crippen molar-refractivity contribution in [2.45, 2.75) is 258 Å². The Kier molecular flexibility index (Phi) is 33.7. The molecule has 2 saturated heterocycles. The van der Waals surface area contributed by atoms with E-state index in [0.717, 1.165) is 0 Å². The maximum Gasteiger partial charge on any atom is 0.246 e. The van der Waals surface area contributed by atoms with Gasteiger partial charge in [0, 0.05) is 93.1 Å². The number of hydrogen-bond donors (Lipinski definition) is 13. The SMILES string of the molecule is C=CCCC[C@]1(C)NC(=O)[C@H](CCC)CC(=O)[C@H](Cc2ccc(O)cc2)NC(=O)[C@H](C)CC(=O)[C@](C)(CC)NC(=O)[C@H](Cc2c[nH]c3ncccc23)NC(=O)[C@H]([C@@H](C)O)NC(=O)[C@@H]2CCCN2C(=O)[C@H](Cc2ccc(O)cc2)CC(=O)[C@H](C(C)(C)C)NC(=O)[C@@H](CC(C)=O)CCCC(=O)NCCCC[C@@H](C(N)=O)NC1=O. The fraction of sp³-hybridized carbons (Fsp3) is 0.573. The van der Waals surface area contributed by atoms with Crippen molar-refractivity contribution in [2.24, 2.45) is 34.8 Å². The summed E-state index contributed by atoms with van der Waals surface area (Å²) in [5.41, 5.74) is 3.48. The van der Waals surface area contributed by atoms with Crippen molar-refractivity contribution in [1.29, 1.82) is 0 Å². The predicted octanol–water partition coefficient (Wildman–Crippen LogP) is 5.46. The Bertz CT molecular complexity index is 3960. The third kappa shape index (κ3) is 26.5. The second-order valence-electron chi connectivity index (χ2n) is 31.5. The summed E-state index contributed by atoms with van der Waals surface area (Å²) < 4.78 is 0.